The predicted molar refractivity (Wildman–Crippen MR) is 106 cm³/mol. The standard InChI is InChI=1S/C15H24N4OS.3ClH/c1-12-17-14(11-21-12)10-18-4-6-19(7-5-18)15(20)8-13-2-3-16-9-13;;;/h11,13,16H,2-10H2,1H3;3*1H. The summed E-state index contributed by atoms with van der Waals surface area (Å²) in [4.78, 5) is 21.2. The quantitative estimate of drug-likeness (QED) is 0.817. The lowest BCUT2D eigenvalue weighted by Crippen LogP contribution is -2.48. The topological polar surface area (TPSA) is 48.5 Å². The summed E-state index contributed by atoms with van der Waals surface area (Å²) >= 11 is 1.71. The molecule has 0 saturated carbocycles. The Kier molecular flexibility index (Phi) is 11.4. The second-order valence-electron chi connectivity index (χ2n) is 6.08. The van der Waals surface area contributed by atoms with Gasteiger partial charge < -0.3 is 10.2 Å². The molecule has 0 aromatic carbocycles. The molecule has 1 N–H and O–H groups in total. The molecule has 0 radical (unpaired) electrons. The Morgan fingerprint density at radius 2 is 2.00 bits per heavy atom. The molecule has 2 saturated heterocycles. The number of aromatic nitrogens is 1. The minimum absolute atomic E-state index is 0. The number of carbonyl (C=O) groups is 1. The minimum atomic E-state index is 0. The van der Waals surface area contributed by atoms with Crippen LogP contribution in [0, 0.1) is 12.8 Å². The Morgan fingerprint density at radius 1 is 1.29 bits per heavy atom. The molecule has 2 fully saturated rings. The fourth-order valence-corrected chi connectivity index (χ4v) is 3.73. The van der Waals surface area contributed by atoms with Crippen LogP contribution in [0.3, 0.4) is 0 Å². The molecule has 24 heavy (non-hydrogen) atoms. The molecule has 140 valence electrons. The number of halogens is 3. The summed E-state index contributed by atoms with van der Waals surface area (Å²) in [5, 5.41) is 6.60. The Morgan fingerprint density at radius 3 is 2.54 bits per heavy atom. The molecule has 2 aliphatic rings. The molecule has 3 heterocycles. The van der Waals surface area contributed by atoms with Gasteiger partial charge in [0.05, 0.1) is 10.7 Å². The van der Waals surface area contributed by atoms with Crippen molar-refractivity contribution in [2.45, 2.75) is 26.3 Å². The van der Waals surface area contributed by atoms with E-state index in [9.17, 15) is 4.79 Å². The van der Waals surface area contributed by atoms with Gasteiger partial charge in [-0.2, -0.15) is 0 Å². The van der Waals surface area contributed by atoms with Gasteiger partial charge in [0.15, 0.2) is 0 Å². The first-order valence-electron chi connectivity index (χ1n) is 7.82. The van der Waals surface area contributed by atoms with Crippen molar-refractivity contribution >= 4 is 54.5 Å². The van der Waals surface area contributed by atoms with Crippen LogP contribution in [0.15, 0.2) is 5.38 Å². The predicted octanol–water partition coefficient (Wildman–Crippen LogP) is 2.36. The van der Waals surface area contributed by atoms with Crippen LogP contribution in [-0.2, 0) is 11.3 Å². The van der Waals surface area contributed by atoms with Gasteiger partial charge in [-0.3, -0.25) is 9.69 Å². The average Bonchev–Trinajstić information content (AvgIpc) is 3.12. The minimum Gasteiger partial charge on any atom is -0.340 e. The van der Waals surface area contributed by atoms with E-state index in [0.29, 0.717) is 11.8 Å². The highest BCUT2D eigenvalue weighted by molar-refractivity contribution is 7.09. The molecule has 1 unspecified atom stereocenters. The van der Waals surface area contributed by atoms with E-state index < -0.39 is 0 Å². The van der Waals surface area contributed by atoms with Gasteiger partial charge >= 0.3 is 0 Å². The number of rotatable bonds is 4. The van der Waals surface area contributed by atoms with E-state index in [1.54, 1.807) is 11.3 Å². The van der Waals surface area contributed by atoms with Crippen LogP contribution in [-0.4, -0.2) is 60.0 Å². The molecule has 1 aromatic heterocycles. The van der Waals surface area contributed by atoms with Crippen molar-refractivity contribution in [3.05, 3.63) is 16.1 Å². The van der Waals surface area contributed by atoms with E-state index in [0.717, 1.165) is 69.4 Å². The number of piperazine rings is 1. The third-order valence-corrected chi connectivity index (χ3v) is 5.23. The molecule has 3 rings (SSSR count). The van der Waals surface area contributed by atoms with Gasteiger partial charge in [0.25, 0.3) is 0 Å². The Hall–Kier alpha value is -0.110. The number of hydrogen-bond acceptors (Lipinski definition) is 5. The van der Waals surface area contributed by atoms with Crippen LogP contribution < -0.4 is 5.32 Å². The van der Waals surface area contributed by atoms with E-state index in [2.05, 4.69) is 20.6 Å². The van der Waals surface area contributed by atoms with Gasteiger partial charge in [0, 0.05) is 44.5 Å². The summed E-state index contributed by atoms with van der Waals surface area (Å²) < 4.78 is 0. The maximum Gasteiger partial charge on any atom is 0.222 e. The Labute approximate surface area is 166 Å². The number of nitrogens with one attached hydrogen (secondary N) is 1. The summed E-state index contributed by atoms with van der Waals surface area (Å²) in [5.41, 5.74) is 1.16. The zero-order valence-electron chi connectivity index (χ0n) is 13.9. The molecule has 2 aliphatic heterocycles. The summed E-state index contributed by atoms with van der Waals surface area (Å²) in [6.07, 6.45) is 1.87. The van der Waals surface area contributed by atoms with Gasteiger partial charge in [0.2, 0.25) is 5.91 Å². The fourth-order valence-electron chi connectivity index (χ4n) is 3.13. The van der Waals surface area contributed by atoms with Crippen LogP contribution in [0.5, 0.6) is 0 Å². The lowest BCUT2D eigenvalue weighted by molar-refractivity contribution is -0.133. The zero-order chi connectivity index (χ0) is 14.7. The first-order valence-corrected chi connectivity index (χ1v) is 8.70. The van der Waals surface area contributed by atoms with Crippen LogP contribution in [0.4, 0.5) is 0 Å². The van der Waals surface area contributed by atoms with E-state index in [1.165, 1.54) is 0 Å². The van der Waals surface area contributed by atoms with Crippen molar-refractivity contribution < 1.29 is 4.79 Å². The van der Waals surface area contributed by atoms with E-state index >= 15 is 0 Å². The Bertz CT molecular complexity index is 489. The van der Waals surface area contributed by atoms with Crippen LogP contribution in [0.2, 0.25) is 0 Å². The van der Waals surface area contributed by atoms with E-state index in [4.69, 9.17) is 0 Å². The summed E-state index contributed by atoms with van der Waals surface area (Å²) in [6.45, 7) is 8.69. The second kappa shape index (κ2) is 11.5. The first-order chi connectivity index (χ1) is 10.2. The van der Waals surface area contributed by atoms with Crippen molar-refractivity contribution in [1.29, 1.82) is 0 Å². The fraction of sp³-hybridized carbons (Fsp3) is 0.733. The molecule has 1 aromatic rings. The molecule has 9 heteroatoms. The third-order valence-electron chi connectivity index (χ3n) is 4.40. The molecule has 1 amide bonds. The van der Waals surface area contributed by atoms with Gasteiger partial charge in [-0.15, -0.1) is 48.6 Å². The maximum absolute atomic E-state index is 12.3. The molecule has 0 spiro atoms. The highest BCUT2D eigenvalue weighted by Crippen LogP contribution is 2.16. The summed E-state index contributed by atoms with van der Waals surface area (Å²) in [5.74, 6) is 0.890. The first kappa shape index (κ1) is 23.9. The third kappa shape index (κ3) is 6.65. The molecule has 1 atom stereocenters. The highest BCUT2D eigenvalue weighted by atomic mass is 35.5. The van der Waals surface area contributed by atoms with E-state index in [-0.39, 0.29) is 37.2 Å². The molecule has 5 nitrogen and oxygen atoms in total. The number of thiazole rings is 1. The largest absolute Gasteiger partial charge is 0.340 e. The van der Waals surface area contributed by atoms with Crippen LogP contribution >= 0.6 is 48.6 Å². The highest BCUT2D eigenvalue weighted by Gasteiger charge is 2.25. The van der Waals surface area contributed by atoms with E-state index in [1.807, 2.05) is 11.8 Å². The maximum atomic E-state index is 12.3. The number of amides is 1. The normalized spacial score (nSPS) is 20.7. The summed E-state index contributed by atoms with van der Waals surface area (Å²) in [7, 11) is 0. The van der Waals surface area contributed by atoms with Gasteiger partial charge in [-0.1, -0.05) is 0 Å². The second-order valence-corrected chi connectivity index (χ2v) is 7.14. The van der Waals surface area contributed by atoms with Gasteiger partial charge in [0.1, 0.15) is 0 Å². The molecular weight excluding hydrogens is 391 g/mol. The monoisotopic (exact) mass is 416 g/mol. The van der Waals surface area contributed by atoms with Crippen molar-refractivity contribution in [3.63, 3.8) is 0 Å². The number of carbonyl (C=O) groups excluding carboxylic acids is 1. The van der Waals surface area contributed by atoms with Crippen molar-refractivity contribution in [1.82, 2.24) is 20.1 Å². The smallest absolute Gasteiger partial charge is 0.222 e. The van der Waals surface area contributed by atoms with Gasteiger partial charge in [-0.25, -0.2) is 4.98 Å². The van der Waals surface area contributed by atoms with Crippen molar-refractivity contribution in [2.24, 2.45) is 5.92 Å². The molecule has 0 aliphatic carbocycles. The lowest BCUT2D eigenvalue weighted by Gasteiger charge is -2.34. The van der Waals surface area contributed by atoms with Crippen molar-refractivity contribution in [2.75, 3.05) is 39.3 Å². The zero-order valence-corrected chi connectivity index (χ0v) is 17.2. The van der Waals surface area contributed by atoms with Gasteiger partial charge in [-0.05, 0) is 32.4 Å². The summed E-state index contributed by atoms with van der Waals surface area (Å²) in [6, 6.07) is 0. The average molecular weight is 418 g/mol. The molecular formula is C15H27Cl3N4OS. The molecule has 0 bridgehead atoms. The Balaban J connectivity index is 0.00000176. The van der Waals surface area contributed by atoms with Crippen molar-refractivity contribution in [3.8, 4) is 0 Å². The lowest BCUT2D eigenvalue weighted by atomic mass is 10.0. The SMILES string of the molecule is Cc1nc(CN2CCN(C(=O)CC3CCNC3)CC2)cs1.Cl.Cl.Cl. The number of nitrogens with zero attached hydrogens (tertiary/aromatic N) is 3. The van der Waals surface area contributed by atoms with Crippen LogP contribution in [0.1, 0.15) is 23.5 Å². The number of aryl methyl sites for hydroxylation is 1. The van der Waals surface area contributed by atoms with Crippen LogP contribution in [0.25, 0.3) is 0 Å². The number of hydrogen-bond donors (Lipinski definition) is 1.